The van der Waals surface area contributed by atoms with E-state index in [1.807, 2.05) is 4.90 Å². The highest BCUT2D eigenvalue weighted by Gasteiger charge is 2.23. The SMILES string of the molecule is O=c1[nH]c(CN2CCOCC2)nn1P(=O)(O)O. The van der Waals surface area contributed by atoms with Crippen LogP contribution >= 0.6 is 7.75 Å². The molecule has 0 saturated carbocycles. The number of morpholine rings is 1. The lowest BCUT2D eigenvalue weighted by atomic mass is 10.4. The van der Waals surface area contributed by atoms with Crippen molar-refractivity contribution >= 4 is 7.75 Å². The van der Waals surface area contributed by atoms with E-state index in [-0.39, 0.29) is 10.3 Å². The molecule has 9 nitrogen and oxygen atoms in total. The molecule has 1 aromatic rings. The Hall–Kier alpha value is -0.990. The van der Waals surface area contributed by atoms with Crippen molar-refractivity contribution in [3.63, 3.8) is 0 Å². The first-order chi connectivity index (χ1) is 7.97. The van der Waals surface area contributed by atoms with Crippen molar-refractivity contribution in [1.29, 1.82) is 0 Å². The summed E-state index contributed by atoms with van der Waals surface area (Å²) in [4.78, 5) is 33.2. The minimum atomic E-state index is -4.67. The van der Waals surface area contributed by atoms with Gasteiger partial charge in [0.25, 0.3) is 0 Å². The lowest BCUT2D eigenvalue weighted by Crippen LogP contribution is -2.36. The highest BCUT2D eigenvalue weighted by Crippen LogP contribution is 2.33. The van der Waals surface area contributed by atoms with Crippen molar-refractivity contribution in [2.75, 3.05) is 26.3 Å². The topological polar surface area (TPSA) is 121 Å². The van der Waals surface area contributed by atoms with E-state index in [4.69, 9.17) is 14.5 Å². The fourth-order valence-electron chi connectivity index (χ4n) is 1.58. The molecule has 0 aromatic carbocycles. The first-order valence-corrected chi connectivity index (χ1v) is 6.58. The Kier molecular flexibility index (Phi) is 3.45. The first-order valence-electron chi connectivity index (χ1n) is 5.01. The van der Waals surface area contributed by atoms with Gasteiger partial charge >= 0.3 is 13.4 Å². The van der Waals surface area contributed by atoms with Crippen LogP contribution < -0.4 is 5.69 Å². The monoisotopic (exact) mass is 264 g/mol. The summed E-state index contributed by atoms with van der Waals surface area (Å²) in [5, 5.41) is 3.58. The van der Waals surface area contributed by atoms with E-state index in [1.54, 1.807) is 0 Å². The van der Waals surface area contributed by atoms with Crippen molar-refractivity contribution in [1.82, 2.24) is 19.4 Å². The number of hydrogen-bond acceptors (Lipinski definition) is 5. The van der Waals surface area contributed by atoms with E-state index in [0.717, 1.165) is 0 Å². The van der Waals surface area contributed by atoms with E-state index in [1.165, 1.54) is 0 Å². The summed E-state index contributed by atoms with van der Waals surface area (Å²) in [7, 11) is -4.67. The molecule has 1 aromatic heterocycles. The number of nitrogens with zero attached hydrogens (tertiary/aromatic N) is 3. The van der Waals surface area contributed by atoms with Gasteiger partial charge in [0.15, 0.2) is 0 Å². The average Bonchev–Trinajstić information content (AvgIpc) is 2.60. The van der Waals surface area contributed by atoms with Gasteiger partial charge in [-0.2, -0.15) is 0 Å². The predicted octanol–water partition coefficient (Wildman–Crippen LogP) is -1.66. The van der Waals surface area contributed by atoms with Gasteiger partial charge in [-0.05, 0) is 0 Å². The Morgan fingerprint density at radius 3 is 2.59 bits per heavy atom. The van der Waals surface area contributed by atoms with Crippen LogP contribution in [0.5, 0.6) is 0 Å². The maximum absolute atomic E-state index is 11.2. The molecule has 0 unspecified atom stereocenters. The van der Waals surface area contributed by atoms with Gasteiger partial charge in [-0.15, -0.1) is 9.55 Å². The zero-order valence-corrected chi connectivity index (χ0v) is 9.84. The molecule has 0 amide bonds. The quantitative estimate of drug-likeness (QED) is 0.559. The molecule has 96 valence electrons. The van der Waals surface area contributed by atoms with Crippen LogP contribution in [-0.2, 0) is 15.8 Å². The van der Waals surface area contributed by atoms with Crippen molar-refractivity contribution in [2.24, 2.45) is 0 Å². The molecule has 1 aliphatic rings. The Bertz CT molecular complexity index is 485. The van der Waals surface area contributed by atoms with Gasteiger partial charge in [-0.25, -0.2) is 9.36 Å². The summed E-state index contributed by atoms with van der Waals surface area (Å²) in [6.07, 6.45) is 0. The maximum Gasteiger partial charge on any atom is 0.454 e. The second kappa shape index (κ2) is 4.71. The molecule has 0 spiro atoms. The molecule has 17 heavy (non-hydrogen) atoms. The molecule has 1 fully saturated rings. The summed E-state index contributed by atoms with van der Waals surface area (Å²) in [5.74, 6) is 0.236. The molecule has 1 aliphatic heterocycles. The van der Waals surface area contributed by atoms with E-state index in [0.29, 0.717) is 32.8 Å². The summed E-state index contributed by atoms with van der Waals surface area (Å²) in [5.41, 5.74) is -0.901. The third kappa shape index (κ3) is 3.02. The van der Waals surface area contributed by atoms with Crippen LogP contribution in [0.15, 0.2) is 4.79 Å². The minimum Gasteiger partial charge on any atom is -0.379 e. The molecule has 0 atom stereocenters. The van der Waals surface area contributed by atoms with Gasteiger partial charge in [0.05, 0.1) is 19.8 Å². The van der Waals surface area contributed by atoms with E-state index < -0.39 is 13.4 Å². The van der Waals surface area contributed by atoms with Gasteiger partial charge in [0.2, 0.25) is 0 Å². The standard InChI is InChI=1S/C7H13N4O5P/c12-7-8-6(9-11(7)17(13,14)15)5-10-1-3-16-4-2-10/h1-5H2,(H,8,9,12)(H2,13,14,15). The van der Waals surface area contributed by atoms with E-state index in [2.05, 4.69) is 10.1 Å². The molecule has 2 rings (SSSR count). The largest absolute Gasteiger partial charge is 0.454 e. The zero-order chi connectivity index (χ0) is 12.5. The number of ether oxygens (including phenoxy) is 1. The molecular weight excluding hydrogens is 251 g/mol. The minimum absolute atomic E-state index is 0.169. The summed E-state index contributed by atoms with van der Waals surface area (Å²) < 4.78 is 16.2. The predicted molar refractivity (Wildman–Crippen MR) is 56.4 cm³/mol. The van der Waals surface area contributed by atoms with Crippen molar-refractivity contribution in [3.8, 4) is 0 Å². The smallest absolute Gasteiger partial charge is 0.379 e. The van der Waals surface area contributed by atoms with Gasteiger partial charge < -0.3 is 14.5 Å². The third-order valence-electron chi connectivity index (χ3n) is 2.37. The van der Waals surface area contributed by atoms with Gasteiger partial charge in [0, 0.05) is 13.1 Å². The normalized spacial score (nSPS) is 18.5. The Balaban J connectivity index is 2.12. The molecular formula is C7H13N4O5P. The zero-order valence-electron chi connectivity index (χ0n) is 8.94. The molecule has 0 radical (unpaired) electrons. The number of H-pyrrole nitrogens is 1. The van der Waals surface area contributed by atoms with Crippen molar-refractivity contribution < 1.29 is 19.1 Å². The van der Waals surface area contributed by atoms with E-state index in [9.17, 15) is 9.36 Å². The molecule has 3 N–H and O–H groups in total. The summed E-state index contributed by atoms with van der Waals surface area (Å²) in [6, 6.07) is 0. The molecule has 10 heteroatoms. The van der Waals surface area contributed by atoms with Crippen LogP contribution in [0.2, 0.25) is 0 Å². The van der Waals surface area contributed by atoms with Gasteiger partial charge in [0.1, 0.15) is 5.82 Å². The highest BCUT2D eigenvalue weighted by atomic mass is 31.2. The second-order valence-corrected chi connectivity index (χ2v) is 5.07. The fraction of sp³-hybridized carbons (Fsp3) is 0.714. The average molecular weight is 264 g/mol. The van der Waals surface area contributed by atoms with Crippen molar-refractivity contribution in [3.05, 3.63) is 16.3 Å². The van der Waals surface area contributed by atoms with Crippen LogP contribution in [0.25, 0.3) is 0 Å². The molecule has 2 heterocycles. The van der Waals surface area contributed by atoms with Crippen molar-refractivity contribution in [2.45, 2.75) is 6.54 Å². The van der Waals surface area contributed by atoms with Crippen LogP contribution in [-0.4, -0.2) is 55.5 Å². The number of aromatic nitrogens is 3. The Labute approximate surface area is 96.2 Å². The molecule has 0 aliphatic carbocycles. The highest BCUT2D eigenvalue weighted by molar-refractivity contribution is 7.49. The Morgan fingerprint density at radius 2 is 2.06 bits per heavy atom. The number of rotatable bonds is 3. The maximum atomic E-state index is 11.2. The third-order valence-corrected chi connectivity index (χ3v) is 3.14. The van der Waals surface area contributed by atoms with Gasteiger partial charge in [-0.3, -0.25) is 9.88 Å². The summed E-state index contributed by atoms with van der Waals surface area (Å²) in [6.45, 7) is 2.94. The number of nitrogens with one attached hydrogen (secondary N) is 1. The fourth-order valence-corrected chi connectivity index (χ4v) is 2.09. The van der Waals surface area contributed by atoms with Crippen LogP contribution in [0.3, 0.4) is 0 Å². The van der Waals surface area contributed by atoms with Gasteiger partial charge in [-0.1, -0.05) is 0 Å². The second-order valence-electron chi connectivity index (χ2n) is 3.67. The number of aromatic amines is 1. The van der Waals surface area contributed by atoms with Crippen LogP contribution in [0.4, 0.5) is 0 Å². The number of hydrogen-bond donors (Lipinski definition) is 3. The molecule has 1 saturated heterocycles. The van der Waals surface area contributed by atoms with Crippen LogP contribution in [0, 0.1) is 0 Å². The Morgan fingerprint density at radius 1 is 1.41 bits per heavy atom. The lowest BCUT2D eigenvalue weighted by molar-refractivity contribution is 0.0330. The molecule has 0 bridgehead atoms. The van der Waals surface area contributed by atoms with Crippen LogP contribution in [0.1, 0.15) is 5.82 Å². The van der Waals surface area contributed by atoms with E-state index >= 15 is 0 Å². The lowest BCUT2D eigenvalue weighted by Gasteiger charge is -2.25. The first kappa shape index (κ1) is 12.5. The summed E-state index contributed by atoms with van der Waals surface area (Å²) >= 11 is 0.